The van der Waals surface area contributed by atoms with E-state index in [1.807, 2.05) is 0 Å². The topological polar surface area (TPSA) is 81.4 Å². The van der Waals surface area contributed by atoms with Crippen molar-refractivity contribution in [1.29, 1.82) is 0 Å². The number of rotatable bonds is 6. The van der Waals surface area contributed by atoms with Gasteiger partial charge in [-0.1, -0.05) is 6.07 Å². The van der Waals surface area contributed by atoms with Gasteiger partial charge in [0.25, 0.3) is 0 Å². The van der Waals surface area contributed by atoms with Gasteiger partial charge in [-0.15, -0.1) is 0 Å². The lowest BCUT2D eigenvalue weighted by Gasteiger charge is -2.14. The van der Waals surface area contributed by atoms with Crippen molar-refractivity contribution >= 4 is 11.7 Å². The zero-order valence-corrected chi connectivity index (χ0v) is 11.3. The number of carbonyl (C=O) groups is 2. The Morgan fingerprint density at radius 1 is 1.43 bits per heavy atom. The second-order valence-corrected chi connectivity index (χ2v) is 4.92. The van der Waals surface area contributed by atoms with Crippen LogP contribution in [0.2, 0.25) is 0 Å². The predicted octanol–water partition coefficient (Wildman–Crippen LogP) is 0.766. The highest BCUT2D eigenvalue weighted by Gasteiger charge is 2.28. The highest BCUT2D eigenvalue weighted by Crippen LogP contribution is 2.21. The number of nitrogens with one attached hydrogen (secondary N) is 1. The van der Waals surface area contributed by atoms with Crippen molar-refractivity contribution in [2.75, 3.05) is 13.2 Å². The van der Waals surface area contributed by atoms with Crippen molar-refractivity contribution in [3.63, 3.8) is 0 Å². The first-order valence-electron chi connectivity index (χ1n) is 6.62. The summed E-state index contributed by atoms with van der Waals surface area (Å²) in [6.07, 6.45) is 0.830. The molecule has 0 aromatic heterocycles. The summed E-state index contributed by atoms with van der Waals surface area (Å²) in [7, 11) is 0. The van der Waals surface area contributed by atoms with Gasteiger partial charge in [-0.3, -0.25) is 9.59 Å². The monoisotopic (exact) mass is 298 g/mol. The van der Waals surface area contributed by atoms with Crippen LogP contribution in [0.3, 0.4) is 0 Å². The highest BCUT2D eigenvalue weighted by atomic mass is 19.1. The summed E-state index contributed by atoms with van der Waals surface area (Å²) >= 11 is 0. The van der Waals surface area contributed by atoms with Crippen molar-refractivity contribution in [1.82, 2.24) is 5.32 Å². The van der Waals surface area contributed by atoms with E-state index in [0.717, 1.165) is 12.1 Å². The standard InChI is InChI=1S/C14H16F2N2O3/c15-9-2-1-3-10(16)13(9)21-7-12(19)11(17)6-8-4-5-18-14(8)20/h1-3,8,11H,4-7,17H2,(H,18,20)/t8-,11-/m0/s1. The number of hydrogen-bond donors (Lipinski definition) is 2. The molecule has 1 aliphatic heterocycles. The lowest BCUT2D eigenvalue weighted by Crippen LogP contribution is -2.37. The summed E-state index contributed by atoms with van der Waals surface area (Å²) in [5.74, 6) is -3.29. The van der Waals surface area contributed by atoms with Crippen LogP contribution in [-0.2, 0) is 9.59 Å². The average Bonchev–Trinajstić information content (AvgIpc) is 2.83. The van der Waals surface area contributed by atoms with E-state index in [0.29, 0.717) is 13.0 Å². The number of para-hydroxylation sites is 1. The lowest BCUT2D eigenvalue weighted by atomic mass is 9.97. The van der Waals surface area contributed by atoms with Gasteiger partial charge in [0.1, 0.15) is 6.61 Å². The number of hydrogen-bond acceptors (Lipinski definition) is 4. The molecule has 0 spiro atoms. The summed E-state index contributed by atoms with van der Waals surface area (Å²) in [5.41, 5.74) is 5.70. The number of halogens is 2. The molecule has 1 saturated heterocycles. The first kappa shape index (κ1) is 15.4. The van der Waals surface area contributed by atoms with E-state index in [1.165, 1.54) is 6.07 Å². The fourth-order valence-electron chi connectivity index (χ4n) is 2.18. The number of Topliss-reactive ketones (excluding diaryl/α,β-unsaturated/α-hetero) is 1. The van der Waals surface area contributed by atoms with Gasteiger partial charge in [-0.2, -0.15) is 0 Å². The molecule has 2 atom stereocenters. The molecule has 3 N–H and O–H groups in total. The summed E-state index contributed by atoms with van der Waals surface area (Å²) < 4.78 is 31.5. The predicted molar refractivity (Wildman–Crippen MR) is 70.6 cm³/mol. The third kappa shape index (κ3) is 3.75. The molecule has 0 saturated carbocycles. The van der Waals surface area contributed by atoms with E-state index in [-0.39, 0.29) is 18.2 Å². The summed E-state index contributed by atoms with van der Waals surface area (Å²) in [5, 5.41) is 2.65. The van der Waals surface area contributed by atoms with E-state index in [1.54, 1.807) is 0 Å². The molecule has 1 aliphatic rings. The quantitative estimate of drug-likeness (QED) is 0.812. The Labute approximate surface area is 120 Å². The maximum absolute atomic E-state index is 13.3. The van der Waals surface area contributed by atoms with Crippen LogP contribution in [-0.4, -0.2) is 30.9 Å². The van der Waals surface area contributed by atoms with Crippen LogP contribution in [0.25, 0.3) is 0 Å². The van der Waals surface area contributed by atoms with Crippen molar-refractivity contribution in [2.24, 2.45) is 11.7 Å². The van der Waals surface area contributed by atoms with Gasteiger partial charge in [0.2, 0.25) is 5.91 Å². The first-order valence-corrected chi connectivity index (χ1v) is 6.62. The molecule has 0 aliphatic carbocycles. The lowest BCUT2D eigenvalue weighted by molar-refractivity contribution is -0.124. The van der Waals surface area contributed by atoms with Gasteiger partial charge in [-0.05, 0) is 25.0 Å². The molecule has 21 heavy (non-hydrogen) atoms. The van der Waals surface area contributed by atoms with Crippen LogP contribution in [0, 0.1) is 17.6 Å². The smallest absolute Gasteiger partial charge is 0.223 e. The molecule has 1 aromatic carbocycles. The number of nitrogens with two attached hydrogens (primary N) is 1. The minimum absolute atomic E-state index is 0.126. The summed E-state index contributed by atoms with van der Waals surface area (Å²) in [6, 6.07) is 2.37. The maximum Gasteiger partial charge on any atom is 0.223 e. The molecule has 5 nitrogen and oxygen atoms in total. The Bertz CT molecular complexity index is 531. The number of ketones is 1. The Morgan fingerprint density at radius 3 is 2.67 bits per heavy atom. The molecule has 7 heteroatoms. The Kier molecular flexibility index (Phi) is 4.85. The zero-order valence-electron chi connectivity index (χ0n) is 11.3. The van der Waals surface area contributed by atoms with Crippen LogP contribution in [0.15, 0.2) is 18.2 Å². The molecule has 114 valence electrons. The molecule has 1 amide bonds. The van der Waals surface area contributed by atoms with E-state index in [4.69, 9.17) is 10.5 Å². The minimum atomic E-state index is -0.895. The minimum Gasteiger partial charge on any atom is -0.480 e. The summed E-state index contributed by atoms with van der Waals surface area (Å²) in [6.45, 7) is 0.0364. The summed E-state index contributed by atoms with van der Waals surface area (Å²) in [4.78, 5) is 23.2. The second-order valence-electron chi connectivity index (χ2n) is 4.92. The molecule has 0 radical (unpaired) electrons. The van der Waals surface area contributed by atoms with Crippen molar-refractivity contribution in [3.05, 3.63) is 29.8 Å². The normalized spacial score (nSPS) is 19.2. The molecule has 1 fully saturated rings. The van der Waals surface area contributed by atoms with Gasteiger partial charge in [0, 0.05) is 12.5 Å². The van der Waals surface area contributed by atoms with Crippen LogP contribution < -0.4 is 15.8 Å². The molecular weight excluding hydrogens is 282 g/mol. The fourth-order valence-corrected chi connectivity index (χ4v) is 2.18. The number of ether oxygens (including phenoxy) is 1. The fraction of sp³-hybridized carbons (Fsp3) is 0.429. The van der Waals surface area contributed by atoms with E-state index in [2.05, 4.69) is 5.32 Å². The SMILES string of the molecule is N[C@@H](C[C@@H]1CCNC1=O)C(=O)COc1c(F)cccc1F. The van der Waals surface area contributed by atoms with E-state index < -0.39 is 35.8 Å². The third-order valence-electron chi connectivity index (χ3n) is 3.39. The highest BCUT2D eigenvalue weighted by molar-refractivity contribution is 5.87. The van der Waals surface area contributed by atoms with Gasteiger partial charge in [-0.25, -0.2) is 8.78 Å². The van der Waals surface area contributed by atoms with Crippen molar-refractivity contribution in [3.8, 4) is 5.75 Å². The first-order chi connectivity index (χ1) is 9.99. The Balaban J connectivity index is 1.88. The molecule has 0 unspecified atom stereocenters. The van der Waals surface area contributed by atoms with Gasteiger partial charge < -0.3 is 15.8 Å². The molecule has 1 aromatic rings. The van der Waals surface area contributed by atoms with Crippen LogP contribution in [0.1, 0.15) is 12.8 Å². The molecular formula is C14H16F2N2O3. The maximum atomic E-state index is 13.3. The Morgan fingerprint density at radius 2 is 2.10 bits per heavy atom. The van der Waals surface area contributed by atoms with Gasteiger partial charge >= 0.3 is 0 Å². The van der Waals surface area contributed by atoms with E-state index in [9.17, 15) is 18.4 Å². The van der Waals surface area contributed by atoms with E-state index >= 15 is 0 Å². The van der Waals surface area contributed by atoms with Crippen LogP contribution in [0.5, 0.6) is 5.75 Å². The van der Waals surface area contributed by atoms with Gasteiger partial charge in [0.15, 0.2) is 23.2 Å². The van der Waals surface area contributed by atoms with Crippen LogP contribution in [0.4, 0.5) is 8.78 Å². The van der Waals surface area contributed by atoms with Gasteiger partial charge in [0.05, 0.1) is 6.04 Å². The molecule has 1 heterocycles. The number of amides is 1. The van der Waals surface area contributed by atoms with Crippen molar-refractivity contribution in [2.45, 2.75) is 18.9 Å². The molecule has 2 rings (SSSR count). The third-order valence-corrected chi connectivity index (χ3v) is 3.39. The van der Waals surface area contributed by atoms with Crippen molar-refractivity contribution < 1.29 is 23.1 Å². The van der Waals surface area contributed by atoms with Crippen LogP contribution >= 0.6 is 0 Å². The number of carbonyl (C=O) groups excluding carboxylic acids is 2. The average molecular weight is 298 g/mol. The number of benzene rings is 1. The molecule has 0 bridgehead atoms. The zero-order chi connectivity index (χ0) is 15.4. The second kappa shape index (κ2) is 6.62. The Hall–Kier alpha value is -2.02. The largest absolute Gasteiger partial charge is 0.480 e.